The molecule has 4 N–H and O–H groups in total. The van der Waals surface area contributed by atoms with E-state index in [0.29, 0.717) is 0 Å². The van der Waals surface area contributed by atoms with E-state index in [9.17, 15) is 0 Å². The maximum Gasteiger partial charge on any atom is 0.0969 e. The highest BCUT2D eigenvalue weighted by Gasteiger charge is 2.01. The molecular formula is C6H12N2OS2. The van der Waals surface area contributed by atoms with Crippen LogP contribution < -0.4 is 11.5 Å². The zero-order valence-electron chi connectivity index (χ0n) is 6.10. The summed E-state index contributed by atoms with van der Waals surface area (Å²) in [6, 6.07) is 0. The van der Waals surface area contributed by atoms with Crippen molar-refractivity contribution in [3.8, 4) is 0 Å². The Morgan fingerprint density at radius 3 is 1.73 bits per heavy atom. The van der Waals surface area contributed by atoms with E-state index in [-0.39, 0.29) is 10.7 Å². The average Bonchev–Trinajstić information content (AvgIpc) is 2.04. The van der Waals surface area contributed by atoms with E-state index in [4.69, 9.17) is 15.1 Å². The van der Waals surface area contributed by atoms with Crippen LogP contribution in [0.3, 0.4) is 0 Å². The molecule has 5 heteroatoms. The van der Waals surface area contributed by atoms with Crippen LogP contribution in [0.15, 0.2) is 25.3 Å². The molecule has 64 valence electrons. The predicted octanol–water partition coefficient (Wildman–Crippen LogP) is 1.24. The molecule has 0 aromatic carbocycles. The summed E-state index contributed by atoms with van der Waals surface area (Å²) in [6.07, 6.45) is 3.18. The Labute approximate surface area is 75.6 Å². The molecule has 0 spiro atoms. The third kappa shape index (κ3) is 6.46. The van der Waals surface area contributed by atoms with Crippen LogP contribution in [-0.4, -0.2) is 10.7 Å². The minimum absolute atomic E-state index is 0.209. The van der Waals surface area contributed by atoms with E-state index in [1.165, 1.54) is 0 Å². The molecule has 0 radical (unpaired) electrons. The fourth-order valence-electron chi connectivity index (χ4n) is 0.192. The summed E-state index contributed by atoms with van der Waals surface area (Å²) in [5, 5.41) is -0.418. The Hall–Kier alpha value is 0.0600. The van der Waals surface area contributed by atoms with Gasteiger partial charge in [0.15, 0.2) is 0 Å². The predicted molar refractivity (Wildman–Crippen MR) is 52.6 cm³/mol. The van der Waals surface area contributed by atoms with Crippen molar-refractivity contribution in [2.45, 2.75) is 10.7 Å². The van der Waals surface area contributed by atoms with Gasteiger partial charge in [0.2, 0.25) is 0 Å². The first-order chi connectivity index (χ1) is 5.20. The molecule has 0 aliphatic heterocycles. The second-order valence-corrected chi connectivity index (χ2v) is 3.68. The quantitative estimate of drug-likeness (QED) is 0.377. The average molecular weight is 192 g/mol. The van der Waals surface area contributed by atoms with Crippen molar-refractivity contribution in [3.05, 3.63) is 25.3 Å². The summed E-state index contributed by atoms with van der Waals surface area (Å²) in [5.41, 5.74) is 10.9. The second-order valence-electron chi connectivity index (χ2n) is 1.66. The topological polar surface area (TPSA) is 61.3 Å². The molecule has 0 amide bonds. The third-order valence-electron chi connectivity index (χ3n) is 0.765. The van der Waals surface area contributed by atoms with Gasteiger partial charge in [-0.25, -0.2) is 3.63 Å². The van der Waals surface area contributed by atoms with Crippen molar-refractivity contribution in [1.82, 2.24) is 0 Å². The van der Waals surface area contributed by atoms with Crippen molar-refractivity contribution >= 4 is 24.1 Å². The second kappa shape index (κ2) is 6.75. The molecule has 0 saturated heterocycles. The van der Waals surface area contributed by atoms with Crippen LogP contribution in [0.4, 0.5) is 0 Å². The highest BCUT2D eigenvalue weighted by atomic mass is 32.2. The van der Waals surface area contributed by atoms with Crippen LogP contribution in [0.2, 0.25) is 0 Å². The molecule has 0 aliphatic rings. The van der Waals surface area contributed by atoms with Crippen molar-refractivity contribution in [2.24, 2.45) is 11.5 Å². The molecule has 0 aliphatic carbocycles. The minimum atomic E-state index is -0.209. The zero-order chi connectivity index (χ0) is 8.69. The number of hydrogen-bond acceptors (Lipinski definition) is 5. The van der Waals surface area contributed by atoms with Crippen molar-refractivity contribution in [1.29, 1.82) is 0 Å². The summed E-state index contributed by atoms with van der Waals surface area (Å²) < 4.78 is 4.98. The first-order valence-electron chi connectivity index (χ1n) is 2.95. The zero-order valence-corrected chi connectivity index (χ0v) is 7.74. The standard InChI is InChI=1S/C6H12N2OS2/c1-3-5(7)10-9-11-6(8)4-2/h3-6H,1-2,7-8H2. The van der Waals surface area contributed by atoms with E-state index < -0.39 is 0 Å². The van der Waals surface area contributed by atoms with Gasteiger partial charge < -0.3 is 11.5 Å². The lowest BCUT2D eigenvalue weighted by molar-refractivity contribution is 0.740. The van der Waals surface area contributed by atoms with Gasteiger partial charge in [-0.05, 0) is 0 Å². The van der Waals surface area contributed by atoms with Crippen molar-refractivity contribution in [2.75, 3.05) is 0 Å². The van der Waals surface area contributed by atoms with Gasteiger partial charge in [-0.15, -0.1) is 13.2 Å². The summed E-state index contributed by atoms with van der Waals surface area (Å²) >= 11 is 2.23. The molecular weight excluding hydrogens is 180 g/mol. The maximum absolute atomic E-state index is 5.44. The van der Waals surface area contributed by atoms with E-state index in [2.05, 4.69) is 13.2 Å². The molecule has 2 atom stereocenters. The molecule has 3 nitrogen and oxygen atoms in total. The molecule has 0 bridgehead atoms. The molecule has 0 aromatic heterocycles. The molecule has 0 heterocycles. The lowest BCUT2D eigenvalue weighted by Crippen LogP contribution is -2.13. The fraction of sp³-hybridized carbons (Fsp3) is 0.333. The van der Waals surface area contributed by atoms with Crippen molar-refractivity contribution in [3.63, 3.8) is 0 Å². The van der Waals surface area contributed by atoms with E-state index >= 15 is 0 Å². The smallest absolute Gasteiger partial charge is 0.0969 e. The van der Waals surface area contributed by atoms with Crippen molar-refractivity contribution < 1.29 is 3.63 Å². The summed E-state index contributed by atoms with van der Waals surface area (Å²) in [5.74, 6) is 0. The third-order valence-corrected chi connectivity index (χ3v) is 2.22. The van der Waals surface area contributed by atoms with Gasteiger partial charge in [0, 0.05) is 24.1 Å². The van der Waals surface area contributed by atoms with Gasteiger partial charge in [-0.2, -0.15) is 0 Å². The Morgan fingerprint density at radius 2 is 1.45 bits per heavy atom. The fourth-order valence-corrected chi connectivity index (χ4v) is 1.26. The minimum Gasteiger partial charge on any atom is -0.314 e. The normalized spacial score (nSPS) is 15.5. The van der Waals surface area contributed by atoms with Gasteiger partial charge in [0.05, 0.1) is 10.7 Å². The van der Waals surface area contributed by atoms with E-state index in [0.717, 1.165) is 24.1 Å². The number of rotatable bonds is 6. The van der Waals surface area contributed by atoms with E-state index in [1.54, 1.807) is 12.2 Å². The molecule has 0 rings (SSSR count). The van der Waals surface area contributed by atoms with Gasteiger partial charge >= 0.3 is 0 Å². The Bertz CT molecular complexity index is 118. The molecule has 2 unspecified atom stereocenters. The molecule has 0 aromatic rings. The monoisotopic (exact) mass is 192 g/mol. The van der Waals surface area contributed by atoms with Crippen LogP contribution in [0.25, 0.3) is 0 Å². The van der Waals surface area contributed by atoms with Gasteiger partial charge in [-0.3, -0.25) is 0 Å². The Balaban J connectivity index is 3.26. The molecule has 0 fully saturated rings. The molecule has 11 heavy (non-hydrogen) atoms. The van der Waals surface area contributed by atoms with Crippen LogP contribution >= 0.6 is 24.1 Å². The number of nitrogens with two attached hydrogens (primary N) is 2. The number of hydrogen-bond donors (Lipinski definition) is 2. The van der Waals surface area contributed by atoms with Crippen LogP contribution in [0, 0.1) is 0 Å². The SMILES string of the molecule is C=CC(N)SOSC(N)C=C. The summed E-state index contributed by atoms with van der Waals surface area (Å²) in [4.78, 5) is 0. The lowest BCUT2D eigenvalue weighted by Gasteiger charge is -2.06. The molecule has 0 saturated carbocycles. The lowest BCUT2D eigenvalue weighted by atomic mass is 10.7. The first-order valence-corrected chi connectivity index (χ1v) is 4.56. The Morgan fingerprint density at radius 1 is 1.09 bits per heavy atom. The largest absolute Gasteiger partial charge is 0.314 e. The first kappa shape index (κ1) is 11.1. The van der Waals surface area contributed by atoms with Crippen LogP contribution in [0.1, 0.15) is 0 Å². The maximum atomic E-state index is 5.44. The summed E-state index contributed by atoms with van der Waals surface area (Å²) in [7, 11) is 0. The van der Waals surface area contributed by atoms with Crippen LogP contribution in [0.5, 0.6) is 0 Å². The van der Waals surface area contributed by atoms with Crippen LogP contribution in [-0.2, 0) is 3.63 Å². The Kier molecular flexibility index (Phi) is 6.79. The summed E-state index contributed by atoms with van der Waals surface area (Å²) in [6.45, 7) is 6.98. The highest BCUT2D eigenvalue weighted by Crippen LogP contribution is 2.19. The van der Waals surface area contributed by atoms with Gasteiger partial charge in [-0.1, -0.05) is 12.2 Å². The van der Waals surface area contributed by atoms with Gasteiger partial charge in [0.25, 0.3) is 0 Å². The van der Waals surface area contributed by atoms with Gasteiger partial charge in [0.1, 0.15) is 0 Å². The highest BCUT2D eigenvalue weighted by molar-refractivity contribution is 8.08. The van der Waals surface area contributed by atoms with E-state index in [1.807, 2.05) is 0 Å².